The zero-order chi connectivity index (χ0) is 37.0. The molecule has 1 heterocycles. The van der Waals surface area contributed by atoms with Crippen molar-refractivity contribution < 1.29 is 0 Å². The van der Waals surface area contributed by atoms with Crippen LogP contribution >= 0.6 is 0 Å². The second-order valence-corrected chi connectivity index (χ2v) is 13.6. The Morgan fingerprint density at radius 2 is 1.55 bits per heavy atom. The number of hydrogen-bond donors (Lipinski definition) is 0. The molecule has 3 aromatic carbocycles. The Bertz CT molecular complexity index is 2370. The zero-order valence-electron chi connectivity index (χ0n) is 31.1. The summed E-state index contributed by atoms with van der Waals surface area (Å²) in [6, 6.07) is 30.0. The van der Waals surface area contributed by atoms with Gasteiger partial charge in [0.05, 0.1) is 16.8 Å². The fourth-order valence-corrected chi connectivity index (χ4v) is 8.52. The highest BCUT2D eigenvalue weighted by atomic mass is 14.9. The highest BCUT2D eigenvalue weighted by molar-refractivity contribution is 5.94. The summed E-state index contributed by atoms with van der Waals surface area (Å²) in [6.07, 6.45) is 30.5. The summed E-state index contributed by atoms with van der Waals surface area (Å²) in [5.41, 5.74) is 14.8. The summed E-state index contributed by atoms with van der Waals surface area (Å²) < 4.78 is 0. The summed E-state index contributed by atoms with van der Waals surface area (Å²) in [5.74, 6) is 1.11. The van der Waals surface area contributed by atoms with Crippen LogP contribution in [0.1, 0.15) is 50.1 Å². The second-order valence-electron chi connectivity index (χ2n) is 13.6. The molecule has 3 aliphatic carbocycles. The highest BCUT2D eigenvalue weighted by Gasteiger charge is 2.58. The van der Waals surface area contributed by atoms with Crippen LogP contribution in [0.4, 0.5) is 0 Å². The first-order valence-corrected chi connectivity index (χ1v) is 18.5. The first-order chi connectivity index (χ1) is 26.0. The summed E-state index contributed by atoms with van der Waals surface area (Å²) in [5, 5.41) is 0. The van der Waals surface area contributed by atoms with Gasteiger partial charge >= 0.3 is 0 Å². The van der Waals surface area contributed by atoms with Crippen LogP contribution in [0.15, 0.2) is 200 Å². The van der Waals surface area contributed by atoms with Crippen molar-refractivity contribution in [3.63, 3.8) is 0 Å². The standard InChI is InChI=1S/C51H46N2/c1-7-12-15-28-44-35(6)43-33-39(30-31-47(43)51(44)45(21-9-3)41(11-5)42-27-18-19-29-46(42)51)38-25-20-26-40(32-38)49-34-48(36(10-4)22-13-8-2)52-50(53-49)37-23-16-14-17-24-37/h7-34,43,47H,3-4H2,1-2,5-6H3/b12-7-,13-8-,28-15-,36-22+,41-11-,45-21+. The minimum absolute atomic E-state index is 0.212. The summed E-state index contributed by atoms with van der Waals surface area (Å²) in [7, 11) is 0. The van der Waals surface area contributed by atoms with E-state index >= 15 is 0 Å². The van der Waals surface area contributed by atoms with Gasteiger partial charge in [-0.25, -0.2) is 9.97 Å². The summed E-state index contributed by atoms with van der Waals surface area (Å²) in [6.45, 7) is 16.8. The average Bonchev–Trinajstić information content (AvgIpc) is 3.62. The molecule has 2 heteroatoms. The average molecular weight is 687 g/mol. The van der Waals surface area contributed by atoms with Crippen LogP contribution in [0.25, 0.3) is 39.4 Å². The Hall–Kier alpha value is -6.12. The number of benzene rings is 3. The first kappa shape index (κ1) is 35.3. The van der Waals surface area contributed by atoms with Crippen LogP contribution < -0.4 is 0 Å². The van der Waals surface area contributed by atoms with Crippen LogP contribution in [-0.2, 0) is 5.41 Å². The third kappa shape index (κ3) is 6.15. The molecule has 0 fully saturated rings. The molecule has 0 radical (unpaired) electrons. The van der Waals surface area contributed by atoms with Gasteiger partial charge in [0.2, 0.25) is 0 Å². The molecule has 2 nitrogen and oxygen atoms in total. The van der Waals surface area contributed by atoms with Crippen molar-refractivity contribution in [3.8, 4) is 22.6 Å². The van der Waals surface area contributed by atoms with Crippen molar-refractivity contribution in [2.24, 2.45) is 11.8 Å². The lowest BCUT2D eigenvalue weighted by Crippen LogP contribution is -2.35. The molecule has 3 atom stereocenters. The SMILES string of the molecule is C=C/C=C1\C(=C/C)c2ccccc2C12C(/C=C\C=C/C)=C(C)C1C=C(c3cccc(-c4cc(/C(C=C)=C/C=C\C)nc(-c5ccccc5)n4)c3)C=CC12. The third-order valence-electron chi connectivity index (χ3n) is 10.8. The number of allylic oxidation sites excluding steroid dienone is 20. The van der Waals surface area contributed by atoms with Crippen molar-refractivity contribution in [3.05, 3.63) is 222 Å². The topological polar surface area (TPSA) is 25.8 Å². The summed E-state index contributed by atoms with van der Waals surface area (Å²) in [4.78, 5) is 10.1. The van der Waals surface area contributed by atoms with Crippen molar-refractivity contribution in [2.75, 3.05) is 0 Å². The molecule has 1 spiro atoms. The molecule has 0 amide bonds. The molecule has 1 aromatic heterocycles. The number of rotatable bonds is 9. The molecular formula is C51H46N2. The molecule has 0 bridgehead atoms. The zero-order valence-corrected chi connectivity index (χ0v) is 31.1. The first-order valence-electron chi connectivity index (χ1n) is 18.5. The van der Waals surface area contributed by atoms with Gasteiger partial charge in [-0.15, -0.1) is 0 Å². The van der Waals surface area contributed by atoms with Crippen molar-refractivity contribution in [1.82, 2.24) is 9.97 Å². The van der Waals surface area contributed by atoms with E-state index in [2.05, 4.69) is 155 Å². The van der Waals surface area contributed by atoms with Gasteiger partial charge in [-0.2, -0.15) is 0 Å². The highest BCUT2D eigenvalue weighted by Crippen LogP contribution is 2.65. The Balaban J connectivity index is 1.36. The minimum atomic E-state index is -0.325. The lowest BCUT2D eigenvalue weighted by Gasteiger charge is -2.38. The van der Waals surface area contributed by atoms with E-state index in [0.717, 1.165) is 33.7 Å². The van der Waals surface area contributed by atoms with Crippen LogP contribution in [0.2, 0.25) is 0 Å². The Morgan fingerprint density at radius 3 is 2.30 bits per heavy atom. The molecule has 0 saturated heterocycles. The number of nitrogens with zero attached hydrogens (tertiary/aromatic N) is 2. The third-order valence-corrected chi connectivity index (χ3v) is 10.8. The maximum Gasteiger partial charge on any atom is 0.160 e. The predicted octanol–water partition coefficient (Wildman–Crippen LogP) is 13.1. The van der Waals surface area contributed by atoms with Crippen LogP contribution in [0.5, 0.6) is 0 Å². The van der Waals surface area contributed by atoms with Gasteiger partial charge in [-0.3, -0.25) is 0 Å². The maximum atomic E-state index is 5.11. The van der Waals surface area contributed by atoms with Gasteiger partial charge in [0.25, 0.3) is 0 Å². The maximum absolute atomic E-state index is 5.11. The fraction of sp³-hybridized carbons (Fsp3) is 0.137. The molecule has 3 aliphatic rings. The van der Waals surface area contributed by atoms with Gasteiger partial charge in [-0.1, -0.05) is 177 Å². The smallest absolute Gasteiger partial charge is 0.160 e. The molecule has 0 saturated carbocycles. The van der Waals surface area contributed by atoms with Crippen molar-refractivity contribution in [1.29, 1.82) is 0 Å². The van der Waals surface area contributed by atoms with E-state index in [4.69, 9.17) is 9.97 Å². The van der Waals surface area contributed by atoms with Crippen LogP contribution in [-0.4, -0.2) is 9.97 Å². The molecule has 3 unspecified atom stereocenters. The minimum Gasteiger partial charge on any atom is -0.228 e. The molecule has 0 N–H and O–H groups in total. The number of hydrogen-bond acceptors (Lipinski definition) is 2. The monoisotopic (exact) mass is 686 g/mol. The number of aromatic nitrogens is 2. The molecule has 53 heavy (non-hydrogen) atoms. The largest absolute Gasteiger partial charge is 0.228 e. The van der Waals surface area contributed by atoms with E-state index < -0.39 is 0 Å². The fourth-order valence-electron chi connectivity index (χ4n) is 8.52. The van der Waals surface area contributed by atoms with Crippen LogP contribution in [0.3, 0.4) is 0 Å². The lowest BCUT2D eigenvalue weighted by atomic mass is 9.63. The van der Waals surface area contributed by atoms with E-state index in [-0.39, 0.29) is 17.3 Å². The molecule has 7 rings (SSSR count). The Morgan fingerprint density at radius 1 is 0.792 bits per heavy atom. The molecular weight excluding hydrogens is 641 g/mol. The number of fused-ring (bicyclic) bond motifs is 4. The van der Waals surface area contributed by atoms with Crippen LogP contribution in [0, 0.1) is 11.8 Å². The summed E-state index contributed by atoms with van der Waals surface area (Å²) >= 11 is 0. The normalized spacial score (nSPS) is 22.5. The van der Waals surface area contributed by atoms with Gasteiger partial charge in [-0.05, 0) is 84.4 Å². The second kappa shape index (κ2) is 15.2. The molecule has 4 aromatic rings. The molecule has 0 aliphatic heterocycles. The lowest BCUT2D eigenvalue weighted by molar-refractivity contribution is 0.434. The Kier molecular flexibility index (Phi) is 10.1. The van der Waals surface area contributed by atoms with Gasteiger partial charge < -0.3 is 0 Å². The van der Waals surface area contributed by atoms with Crippen molar-refractivity contribution >= 4 is 16.7 Å². The van der Waals surface area contributed by atoms with Gasteiger partial charge in [0.1, 0.15) is 0 Å². The quantitative estimate of drug-likeness (QED) is 0.164. The van der Waals surface area contributed by atoms with E-state index in [1.54, 1.807) is 0 Å². The molecule has 260 valence electrons. The van der Waals surface area contributed by atoms with Gasteiger partial charge in [0.15, 0.2) is 5.82 Å². The van der Waals surface area contributed by atoms with E-state index in [9.17, 15) is 0 Å². The van der Waals surface area contributed by atoms with E-state index in [1.807, 2.05) is 55.5 Å². The van der Waals surface area contributed by atoms with Gasteiger partial charge in [0, 0.05) is 23.0 Å². The predicted molar refractivity (Wildman–Crippen MR) is 227 cm³/mol. The Labute approximate surface area is 315 Å². The van der Waals surface area contributed by atoms with Crippen molar-refractivity contribution in [2.45, 2.75) is 33.1 Å². The van der Waals surface area contributed by atoms with E-state index in [0.29, 0.717) is 5.82 Å². The van der Waals surface area contributed by atoms with E-state index in [1.165, 1.54) is 39.0 Å².